The minimum atomic E-state index is -0.525. The van der Waals surface area contributed by atoms with E-state index in [-0.39, 0.29) is 29.5 Å². The first-order valence-corrected chi connectivity index (χ1v) is 11.9. The van der Waals surface area contributed by atoms with Crippen LogP contribution in [0.3, 0.4) is 0 Å². The first kappa shape index (κ1) is 23.6. The van der Waals surface area contributed by atoms with E-state index >= 15 is 4.39 Å². The Balaban J connectivity index is 1.63. The van der Waals surface area contributed by atoms with Crippen molar-refractivity contribution in [2.45, 2.75) is 44.3 Å². The molecule has 0 amide bonds. The first-order chi connectivity index (χ1) is 15.9. The minimum Gasteiger partial charge on any atom is -0.486 e. The van der Waals surface area contributed by atoms with Crippen molar-refractivity contribution in [2.75, 3.05) is 13.2 Å². The summed E-state index contributed by atoms with van der Waals surface area (Å²) in [6.07, 6.45) is 0. The summed E-state index contributed by atoms with van der Waals surface area (Å²) in [5.74, 6) is -0.118. The average molecular weight is 468 g/mol. The van der Waals surface area contributed by atoms with E-state index in [1.807, 2.05) is 66.7 Å². The third-order valence-corrected chi connectivity index (χ3v) is 6.40. The molecule has 0 atom stereocenters. The zero-order chi connectivity index (χ0) is 23.3. The lowest BCUT2D eigenvalue weighted by atomic mass is 9.88. The monoisotopic (exact) mass is 467 g/mol. The first-order valence-electron chi connectivity index (χ1n) is 11.1. The fourth-order valence-corrected chi connectivity index (χ4v) is 4.19. The molecule has 3 aromatic rings. The Bertz CT molecular complexity index is 1050. The van der Waals surface area contributed by atoms with Crippen molar-refractivity contribution < 1.29 is 18.6 Å². The molecule has 0 saturated carbocycles. The predicted molar refractivity (Wildman–Crippen MR) is 131 cm³/mol. The highest BCUT2D eigenvalue weighted by Gasteiger charge is 2.44. The van der Waals surface area contributed by atoms with Gasteiger partial charge in [-0.15, -0.1) is 0 Å². The highest BCUT2D eigenvalue weighted by atomic mass is 32.2. The summed E-state index contributed by atoms with van der Waals surface area (Å²) in [4.78, 5) is 0. The van der Waals surface area contributed by atoms with Gasteiger partial charge in [0.15, 0.2) is 11.5 Å². The molecule has 33 heavy (non-hydrogen) atoms. The SMILES string of the molecule is CC(C)(C)SNC1(c2ccc(OCc3ccccc3)c(F)c2OCc2ccccc2)COC1. The predicted octanol–water partition coefficient (Wildman–Crippen LogP) is 6.25. The molecule has 4 rings (SSSR count). The second-order valence-electron chi connectivity index (χ2n) is 9.19. The van der Waals surface area contributed by atoms with Crippen LogP contribution in [0, 0.1) is 5.82 Å². The van der Waals surface area contributed by atoms with Gasteiger partial charge in [0.25, 0.3) is 0 Å². The van der Waals surface area contributed by atoms with E-state index in [0.29, 0.717) is 13.2 Å². The molecular weight excluding hydrogens is 437 g/mol. The standard InChI is InChI=1S/C27H30FNO3S/c1-26(2,3)33-29-27(18-30-19-27)22-14-15-23(31-16-20-10-6-4-7-11-20)24(28)25(22)32-17-21-12-8-5-9-13-21/h4-15,29H,16-19H2,1-3H3. The summed E-state index contributed by atoms with van der Waals surface area (Å²) in [6, 6.07) is 23.1. The summed E-state index contributed by atoms with van der Waals surface area (Å²) in [5.41, 5.74) is 2.16. The second-order valence-corrected chi connectivity index (χ2v) is 10.8. The molecular formula is C27H30FNO3S. The van der Waals surface area contributed by atoms with Crippen molar-refractivity contribution in [1.82, 2.24) is 4.72 Å². The molecule has 0 unspecified atom stereocenters. The fourth-order valence-electron chi connectivity index (χ4n) is 3.46. The van der Waals surface area contributed by atoms with Gasteiger partial charge in [-0.2, -0.15) is 4.39 Å². The molecule has 1 fully saturated rings. The lowest BCUT2D eigenvalue weighted by molar-refractivity contribution is -0.0665. The van der Waals surface area contributed by atoms with Crippen LogP contribution in [0.25, 0.3) is 0 Å². The van der Waals surface area contributed by atoms with Gasteiger partial charge < -0.3 is 14.2 Å². The molecule has 1 heterocycles. The molecule has 1 aliphatic heterocycles. The molecule has 0 aromatic heterocycles. The van der Waals surface area contributed by atoms with Crippen LogP contribution < -0.4 is 14.2 Å². The minimum absolute atomic E-state index is 0.00900. The van der Waals surface area contributed by atoms with Crippen LogP contribution in [0.2, 0.25) is 0 Å². The third-order valence-electron chi connectivity index (χ3n) is 5.29. The molecule has 1 aliphatic rings. The van der Waals surface area contributed by atoms with E-state index in [4.69, 9.17) is 14.2 Å². The molecule has 1 saturated heterocycles. The maximum atomic E-state index is 15.8. The maximum absolute atomic E-state index is 15.8. The number of halogens is 1. The normalized spacial score (nSPS) is 15.0. The molecule has 6 heteroatoms. The molecule has 0 spiro atoms. The lowest BCUT2D eigenvalue weighted by Gasteiger charge is -2.44. The van der Waals surface area contributed by atoms with E-state index in [1.165, 1.54) is 0 Å². The van der Waals surface area contributed by atoms with Gasteiger partial charge in [0.05, 0.1) is 13.2 Å². The quantitative estimate of drug-likeness (QED) is 0.377. The number of ether oxygens (including phenoxy) is 3. The molecule has 0 radical (unpaired) electrons. The topological polar surface area (TPSA) is 39.7 Å². The highest BCUT2D eigenvalue weighted by Crippen LogP contribution is 2.43. The van der Waals surface area contributed by atoms with E-state index in [0.717, 1.165) is 16.7 Å². The van der Waals surface area contributed by atoms with Crippen LogP contribution >= 0.6 is 11.9 Å². The van der Waals surface area contributed by atoms with Gasteiger partial charge in [-0.05, 0) is 44.0 Å². The van der Waals surface area contributed by atoms with Crippen LogP contribution in [-0.4, -0.2) is 18.0 Å². The summed E-state index contributed by atoms with van der Waals surface area (Å²) < 4.78 is 36.8. The Labute approximate surface area is 199 Å². The largest absolute Gasteiger partial charge is 0.486 e. The summed E-state index contributed by atoms with van der Waals surface area (Å²) in [5, 5.41) is 0. The van der Waals surface area contributed by atoms with Crippen molar-refractivity contribution in [3.8, 4) is 11.5 Å². The second kappa shape index (κ2) is 10.2. The van der Waals surface area contributed by atoms with Gasteiger partial charge in [0.2, 0.25) is 5.82 Å². The highest BCUT2D eigenvalue weighted by molar-refractivity contribution is 7.98. The summed E-state index contributed by atoms with van der Waals surface area (Å²) >= 11 is 1.61. The Morgan fingerprint density at radius 3 is 1.97 bits per heavy atom. The Morgan fingerprint density at radius 2 is 1.45 bits per heavy atom. The van der Waals surface area contributed by atoms with Gasteiger partial charge in [0, 0.05) is 10.3 Å². The van der Waals surface area contributed by atoms with Gasteiger partial charge in [-0.3, -0.25) is 0 Å². The lowest BCUT2D eigenvalue weighted by Crippen LogP contribution is -2.56. The van der Waals surface area contributed by atoms with Gasteiger partial charge >= 0.3 is 0 Å². The van der Waals surface area contributed by atoms with Crippen LogP contribution in [0.15, 0.2) is 72.8 Å². The Kier molecular flexibility index (Phi) is 7.27. The molecule has 0 bridgehead atoms. The Morgan fingerprint density at radius 1 is 0.879 bits per heavy atom. The fraction of sp³-hybridized carbons (Fsp3) is 0.333. The molecule has 3 aromatic carbocycles. The van der Waals surface area contributed by atoms with Crippen LogP contribution in [-0.2, 0) is 23.5 Å². The molecule has 174 valence electrons. The maximum Gasteiger partial charge on any atom is 0.207 e. The number of hydrogen-bond acceptors (Lipinski definition) is 5. The summed E-state index contributed by atoms with van der Waals surface area (Å²) in [7, 11) is 0. The van der Waals surface area contributed by atoms with Crippen LogP contribution in [0.1, 0.15) is 37.5 Å². The van der Waals surface area contributed by atoms with Gasteiger partial charge in [-0.1, -0.05) is 72.6 Å². The Hall–Kier alpha value is -2.54. The number of rotatable bonds is 9. The average Bonchev–Trinajstić information content (AvgIpc) is 2.78. The smallest absolute Gasteiger partial charge is 0.207 e. The van der Waals surface area contributed by atoms with E-state index in [1.54, 1.807) is 18.0 Å². The van der Waals surface area contributed by atoms with Crippen molar-refractivity contribution in [3.05, 3.63) is 95.3 Å². The van der Waals surface area contributed by atoms with E-state index in [9.17, 15) is 0 Å². The summed E-state index contributed by atoms with van der Waals surface area (Å²) in [6.45, 7) is 7.82. The van der Waals surface area contributed by atoms with Crippen molar-refractivity contribution >= 4 is 11.9 Å². The van der Waals surface area contributed by atoms with E-state index < -0.39 is 11.4 Å². The number of nitrogens with one attached hydrogen (secondary N) is 1. The molecule has 0 aliphatic carbocycles. The van der Waals surface area contributed by atoms with Crippen molar-refractivity contribution in [2.24, 2.45) is 0 Å². The van der Waals surface area contributed by atoms with Crippen molar-refractivity contribution in [1.29, 1.82) is 0 Å². The zero-order valence-corrected chi connectivity index (χ0v) is 20.1. The number of hydrogen-bond donors (Lipinski definition) is 1. The van der Waals surface area contributed by atoms with Crippen molar-refractivity contribution in [3.63, 3.8) is 0 Å². The van der Waals surface area contributed by atoms with Gasteiger partial charge in [-0.25, -0.2) is 4.72 Å². The van der Waals surface area contributed by atoms with Gasteiger partial charge in [0.1, 0.15) is 18.8 Å². The molecule has 1 N–H and O–H groups in total. The van der Waals surface area contributed by atoms with Crippen LogP contribution in [0.4, 0.5) is 4.39 Å². The number of benzene rings is 3. The van der Waals surface area contributed by atoms with E-state index in [2.05, 4.69) is 25.5 Å². The molecule has 4 nitrogen and oxygen atoms in total. The van der Waals surface area contributed by atoms with Crippen LogP contribution in [0.5, 0.6) is 11.5 Å². The zero-order valence-electron chi connectivity index (χ0n) is 19.3. The third kappa shape index (κ3) is 5.88.